The van der Waals surface area contributed by atoms with Crippen LogP contribution >= 0.6 is 0 Å². The summed E-state index contributed by atoms with van der Waals surface area (Å²) in [6.07, 6.45) is 24.1. The SMILES string of the molecule is CCCCC/C=C\CCCCC(=O)CCC/C=C\CCCC=O. The van der Waals surface area contributed by atoms with Crippen molar-refractivity contribution in [1.29, 1.82) is 0 Å². The summed E-state index contributed by atoms with van der Waals surface area (Å²) in [7, 11) is 0. The number of rotatable bonds is 17. The minimum absolute atomic E-state index is 0.409. The monoisotopic (exact) mass is 320 g/mol. The third-order valence-electron chi connectivity index (χ3n) is 3.90. The van der Waals surface area contributed by atoms with Crippen molar-refractivity contribution in [3.63, 3.8) is 0 Å². The quantitative estimate of drug-likeness (QED) is 0.178. The van der Waals surface area contributed by atoms with Gasteiger partial charge in [-0.3, -0.25) is 4.79 Å². The third-order valence-corrected chi connectivity index (χ3v) is 3.90. The zero-order chi connectivity index (χ0) is 17.0. The number of Topliss-reactive ketones (excluding diaryl/α,β-unsaturated/α-hetero) is 1. The molecule has 23 heavy (non-hydrogen) atoms. The maximum Gasteiger partial charge on any atom is 0.132 e. The van der Waals surface area contributed by atoms with Gasteiger partial charge in [-0.1, -0.05) is 44.1 Å². The van der Waals surface area contributed by atoms with Crippen LogP contribution in [0.4, 0.5) is 0 Å². The fourth-order valence-electron chi connectivity index (χ4n) is 2.43. The minimum Gasteiger partial charge on any atom is -0.303 e. The summed E-state index contributed by atoms with van der Waals surface area (Å²) >= 11 is 0. The number of unbranched alkanes of at least 4 members (excludes halogenated alkanes) is 8. The molecule has 0 radical (unpaired) electrons. The van der Waals surface area contributed by atoms with Crippen LogP contribution in [0.25, 0.3) is 0 Å². The summed E-state index contributed by atoms with van der Waals surface area (Å²) in [6, 6.07) is 0. The third kappa shape index (κ3) is 18.8. The summed E-state index contributed by atoms with van der Waals surface area (Å²) < 4.78 is 0. The average molecular weight is 321 g/mol. The maximum absolute atomic E-state index is 11.7. The van der Waals surface area contributed by atoms with Gasteiger partial charge in [0, 0.05) is 19.3 Å². The van der Waals surface area contributed by atoms with Crippen LogP contribution < -0.4 is 0 Å². The van der Waals surface area contributed by atoms with Gasteiger partial charge in [0.1, 0.15) is 12.1 Å². The molecule has 0 saturated heterocycles. The number of allylic oxidation sites excluding steroid dienone is 4. The molecule has 0 rings (SSSR count). The van der Waals surface area contributed by atoms with Gasteiger partial charge in [0.15, 0.2) is 0 Å². The standard InChI is InChI=1S/C21H36O2/c1-2-3-4-5-6-7-9-12-15-18-21(23)19-16-13-10-8-11-14-17-20-22/h6-8,10,20H,2-5,9,11-19H2,1H3/b7-6-,10-8-. The van der Waals surface area contributed by atoms with Crippen molar-refractivity contribution in [3.8, 4) is 0 Å². The molecule has 0 aromatic rings. The number of aldehydes is 1. The second-order valence-corrected chi connectivity index (χ2v) is 6.21. The molecular weight excluding hydrogens is 284 g/mol. The molecule has 0 amide bonds. The Morgan fingerprint density at radius 2 is 1.17 bits per heavy atom. The van der Waals surface area contributed by atoms with Crippen molar-refractivity contribution in [3.05, 3.63) is 24.3 Å². The summed E-state index contributed by atoms with van der Waals surface area (Å²) in [4.78, 5) is 21.9. The molecule has 0 saturated carbocycles. The van der Waals surface area contributed by atoms with Gasteiger partial charge in [-0.05, 0) is 57.8 Å². The van der Waals surface area contributed by atoms with Crippen LogP contribution in [-0.4, -0.2) is 12.1 Å². The average Bonchev–Trinajstić information content (AvgIpc) is 2.56. The second kappa shape index (κ2) is 18.9. The molecule has 2 nitrogen and oxygen atoms in total. The summed E-state index contributed by atoms with van der Waals surface area (Å²) in [6.45, 7) is 2.23. The lowest BCUT2D eigenvalue weighted by Gasteiger charge is -1.99. The highest BCUT2D eigenvalue weighted by Crippen LogP contribution is 2.08. The molecule has 0 heterocycles. The lowest BCUT2D eigenvalue weighted by Crippen LogP contribution is -1.96. The Bertz CT molecular complexity index is 329. The predicted molar refractivity (Wildman–Crippen MR) is 99.7 cm³/mol. The first-order valence-electron chi connectivity index (χ1n) is 9.56. The zero-order valence-electron chi connectivity index (χ0n) is 15.1. The van der Waals surface area contributed by atoms with Crippen molar-refractivity contribution in [2.75, 3.05) is 0 Å². The van der Waals surface area contributed by atoms with Gasteiger partial charge >= 0.3 is 0 Å². The molecule has 2 heteroatoms. The Kier molecular flexibility index (Phi) is 17.9. The molecule has 0 aromatic carbocycles. The van der Waals surface area contributed by atoms with E-state index in [0.717, 1.165) is 57.7 Å². The minimum atomic E-state index is 0.409. The van der Waals surface area contributed by atoms with Crippen molar-refractivity contribution in [2.45, 2.75) is 96.8 Å². The van der Waals surface area contributed by atoms with Crippen molar-refractivity contribution < 1.29 is 9.59 Å². The number of hydrogen-bond donors (Lipinski definition) is 0. The van der Waals surface area contributed by atoms with Crippen molar-refractivity contribution in [1.82, 2.24) is 0 Å². The van der Waals surface area contributed by atoms with Crippen LogP contribution in [0.15, 0.2) is 24.3 Å². The highest BCUT2D eigenvalue weighted by molar-refractivity contribution is 5.78. The summed E-state index contributed by atoms with van der Waals surface area (Å²) in [5.41, 5.74) is 0. The fraction of sp³-hybridized carbons (Fsp3) is 0.714. The largest absolute Gasteiger partial charge is 0.303 e. The topological polar surface area (TPSA) is 34.1 Å². The van der Waals surface area contributed by atoms with Gasteiger partial charge in [-0.25, -0.2) is 0 Å². The Morgan fingerprint density at radius 1 is 0.652 bits per heavy atom. The molecule has 0 unspecified atom stereocenters. The van der Waals surface area contributed by atoms with E-state index < -0.39 is 0 Å². The van der Waals surface area contributed by atoms with E-state index in [4.69, 9.17) is 0 Å². The first kappa shape index (κ1) is 21.8. The van der Waals surface area contributed by atoms with Crippen LogP contribution in [-0.2, 0) is 9.59 Å². The highest BCUT2D eigenvalue weighted by atomic mass is 16.1. The normalized spacial score (nSPS) is 11.5. The fourth-order valence-corrected chi connectivity index (χ4v) is 2.43. The highest BCUT2D eigenvalue weighted by Gasteiger charge is 2.00. The Labute approximate surface area is 143 Å². The molecule has 0 aliphatic carbocycles. The van der Waals surface area contributed by atoms with Gasteiger partial charge in [0.25, 0.3) is 0 Å². The molecular formula is C21H36O2. The zero-order valence-corrected chi connectivity index (χ0v) is 15.1. The molecule has 0 N–H and O–H groups in total. The predicted octanol–water partition coefficient (Wildman–Crippen LogP) is 6.35. The summed E-state index contributed by atoms with van der Waals surface area (Å²) in [5.74, 6) is 0.409. The van der Waals surface area contributed by atoms with Gasteiger partial charge in [0.2, 0.25) is 0 Å². The molecule has 0 fully saturated rings. The molecule has 0 spiro atoms. The molecule has 0 atom stereocenters. The van der Waals surface area contributed by atoms with E-state index in [1.54, 1.807) is 0 Å². The van der Waals surface area contributed by atoms with E-state index in [2.05, 4.69) is 31.2 Å². The second-order valence-electron chi connectivity index (χ2n) is 6.21. The Balaban J connectivity index is 3.32. The number of ketones is 1. The van der Waals surface area contributed by atoms with Crippen LogP contribution in [0.1, 0.15) is 96.8 Å². The van der Waals surface area contributed by atoms with Gasteiger partial charge in [-0.2, -0.15) is 0 Å². The Hall–Kier alpha value is -1.18. The van der Waals surface area contributed by atoms with Crippen LogP contribution in [0.2, 0.25) is 0 Å². The van der Waals surface area contributed by atoms with E-state index in [1.165, 1.54) is 25.7 Å². The van der Waals surface area contributed by atoms with E-state index in [0.29, 0.717) is 18.6 Å². The molecule has 0 aromatic heterocycles. The van der Waals surface area contributed by atoms with Crippen molar-refractivity contribution in [2.24, 2.45) is 0 Å². The first-order chi connectivity index (χ1) is 11.3. The molecule has 0 aliphatic heterocycles. The maximum atomic E-state index is 11.7. The lowest BCUT2D eigenvalue weighted by atomic mass is 10.1. The van der Waals surface area contributed by atoms with Crippen LogP contribution in [0.3, 0.4) is 0 Å². The Morgan fingerprint density at radius 3 is 1.78 bits per heavy atom. The van der Waals surface area contributed by atoms with Crippen LogP contribution in [0.5, 0.6) is 0 Å². The number of hydrogen-bond acceptors (Lipinski definition) is 2. The van der Waals surface area contributed by atoms with Crippen LogP contribution in [0, 0.1) is 0 Å². The summed E-state index contributed by atoms with van der Waals surface area (Å²) in [5, 5.41) is 0. The van der Waals surface area contributed by atoms with Gasteiger partial charge < -0.3 is 4.79 Å². The van der Waals surface area contributed by atoms with E-state index in [1.807, 2.05) is 0 Å². The lowest BCUT2D eigenvalue weighted by molar-refractivity contribution is -0.119. The smallest absolute Gasteiger partial charge is 0.132 e. The van der Waals surface area contributed by atoms with Gasteiger partial charge in [0.05, 0.1) is 0 Å². The van der Waals surface area contributed by atoms with Crippen molar-refractivity contribution >= 4 is 12.1 Å². The first-order valence-corrected chi connectivity index (χ1v) is 9.56. The number of carbonyl (C=O) groups is 2. The number of carbonyl (C=O) groups excluding carboxylic acids is 2. The van der Waals surface area contributed by atoms with E-state index >= 15 is 0 Å². The molecule has 0 aliphatic rings. The van der Waals surface area contributed by atoms with Gasteiger partial charge in [-0.15, -0.1) is 0 Å². The van der Waals surface area contributed by atoms with E-state index in [9.17, 15) is 9.59 Å². The molecule has 132 valence electrons. The van der Waals surface area contributed by atoms with E-state index in [-0.39, 0.29) is 0 Å². The molecule has 0 bridgehead atoms.